The molecule has 0 aliphatic rings. The van der Waals surface area contributed by atoms with Gasteiger partial charge in [-0.15, -0.1) is 0 Å². The van der Waals surface area contributed by atoms with Gasteiger partial charge in [-0.25, -0.2) is 0 Å². The molecule has 0 rings (SSSR count). The van der Waals surface area contributed by atoms with Crippen LogP contribution in [-0.4, -0.2) is 50.7 Å². The lowest BCUT2D eigenvalue weighted by atomic mass is 9.80. The smallest absolute Gasteiger partial charge is 0.306 e. The Kier molecular flexibility index (Phi) is 10.9. The normalized spacial score (nSPS) is 11.5. The molecular weight excluding hydrogens is 282 g/mol. The topological polar surface area (TPSA) is 55.8 Å². The van der Waals surface area contributed by atoms with Crippen LogP contribution >= 0.6 is 0 Å². The van der Waals surface area contributed by atoms with Crippen molar-refractivity contribution in [2.45, 2.75) is 59.3 Å². The highest BCUT2D eigenvalue weighted by molar-refractivity contribution is 5.70. The fourth-order valence-corrected chi connectivity index (χ4v) is 2.37. The van der Waals surface area contributed by atoms with E-state index in [0.717, 1.165) is 19.4 Å². The second-order valence-corrected chi connectivity index (χ2v) is 6.12. The van der Waals surface area contributed by atoms with Crippen LogP contribution in [0.3, 0.4) is 0 Å². The molecule has 22 heavy (non-hydrogen) atoms. The lowest BCUT2D eigenvalue weighted by molar-refractivity contribution is -0.141. The molecule has 0 N–H and O–H groups in total. The average molecular weight is 315 g/mol. The highest BCUT2D eigenvalue weighted by atomic mass is 16.5. The van der Waals surface area contributed by atoms with Crippen molar-refractivity contribution >= 4 is 11.9 Å². The maximum Gasteiger partial charge on any atom is 0.306 e. The molecule has 0 unspecified atom stereocenters. The summed E-state index contributed by atoms with van der Waals surface area (Å²) < 4.78 is 9.37. The number of rotatable bonds is 12. The molecular formula is C17H33NO4. The number of hydrogen-bond donors (Lipinski definition) is 0. The minimum atomic E-state index is -0.213. The van der Waals surface area contributed by atoms with Crippen LogP contribution in [0.2, 0.25) is 0 Å². The summed E-state index contributed by atoms with van der Waals surface area (Å²) in [6.45, 7) is 8.92. The largest absolute Gasteiger partial charge is 0.469 e. The lowest BCUT2D eigenvalue weighted by Gasteiger charge is -2.28. The second kappa shape index (κ2) is 11.5. The fourth-order valence-electron chi connectivity index (χ4n) is 2.37. The Morgan fingerprint density at radius 3 is 1.73 bits per heavy atom. The van der Waals surface area contributed by atoms with Crippen molar-refractivity contribution in [3.05, 3.63) is 0 Å². The van der Waals surface area contributed by atoms with E-state index in [1.54, 1.807) is 0 Å². The maximum absolute atomic E-state index is 11.3. The third kappa shape index (κ3) is 9.03. The zero-order valence-electron chi connectivity index (χ0n) is 14.9. The van der Waals surface area contributed by atoms with Gasteiger partial charge in [0.1, 0.15) is 0 Å². The van der Waals surface area contributed by atoms with Gasteiger partial charge in [-0.3, -0.25) is 9.59 Å². The molecule has 0 aliphatic carbocycles. The number of hydrogen-bond acceptors (Lipinski definition) is 5. The molecule has 0 aromatic rings. The molecule has 0 aromatic heterocycles. The maximum atomic E-state index is 11.3. The number of methoxy groups -OCH3 is 2. The van der Waals surface area contributed by atoms with E-state index in [9.17, 15) is 9.59 Å². The molecule has 5 nitrogen and oxygen atoms in total. The van der Waals surface area contributed by atoms with Crippen LogP contribution in [-0.2, 0) is 19.1 Å². The van der Waals surface area contributed by atoms with Crippen molar-refractivity contribution in [3.63, 3.8) is 0 Å². The lowest BCUT2D eigenvalue weighted by Crippen LogP contribution is -2.31. The zero-order chi connectivity index (χ0) is 17.0. The molecule has 0 saturated heterocycles. The Morgan fingerprint density at radius 2 is 1.36 bits per heavy atom. The number of esters is 2. The molecule has 0 amide bonds. The molecule has 0 fully saturated rings. The van der Waals surface area contributed by atoms with Crippen LogP contribution in [0.1, 0.15) is 59.3 Å². The van der Waals surface area contributed by atoms with Gasteiger partial charge in [0, 0.05) is 13.1 Å². The van der Waals surface area contributed by atoms with Crippen LogP contribution in [0.15, 0.2) is 0 Å². The van der Waals surface area contributed by atoms with Gasteiger partial charge in [0.05, 0.1) is 27.1 Å². The van der Waals surface area contributed by atoms with Gasteiger partial charge in [0.15, 0.2) is 0 Å². The third-order valence-corrected chi connectivity index (χ3v) is 4.68. The number of ether oxygens (including phenoxy) is 2. The highest BCUT2D eigenvalue weighted by Crippen LogP contribution is 2.30. The number of carbonyl (C=O) groups excluding carboxylic acids is 2. The van der Waals surface area contributed by atoms with E-state index in [0.29, 0.717) is 31.3 Å². The van der Waals surface area contributed by atoms with E-state index in [1.807, 2.05) is 0 Å². The molecule has 130 valence electrons. The Balaban J connectivity index is 4.32. The molecule has 5 heteroatoms. The van der Waals surface area contributed by atoms with Gasteiger partial charge < -0.3 is 14.4 Å². The number of carbonyl (C=O) groups is 2. The van der Waals surface area contributed by atoms with E-state index >= 15 is 0 Å². The van der Waals surface area contributed by atoms with Crippen molar-refractivity contribution in [1.82, 2.24) is 4.90 Å². The van der Waals surface area contributed by atoms with Crippen molar-refractivity contribution < 1.29 is 19.1 Å². The minimum absolute atomic E-state index is 0.213. The molecule has 0 atom stereocenters. The van der Waals surface area contributed by atoms with Crippen LogP contribution < -0.4 is 0 Å². The van der Waals surface area contributed by atoms with Crippen molar-refractivity contribution in [2.24, 2.45) is 5.41 Å². The van der Waals surface area contributed by atoms with Gasteiger partial charge >= 0.3 is 11.9 Å². The SMILES string of the molecule is CCC(C)(CC)CCCN(CCC(=O)OC)CCC(=O)OC. The first-order valence-electron chi connectivity index (χ1n) is 8.26. The fraction of sp³-hybridized carbons (Fsp3) is 0.882. The first-order chi connectivity index (χ1) is 10.4. The molecule has 0 aliphatic heterocycles. The molecule has 0 heterocycles. The van der Waals surface area contributed by atoms with Crippen molar-refractivity contribution in [1.29, 1.82) is 0 Å². The summed E-state index contributed by atoms with van der Waals surface area (Å²) in [4.78, 5) is 24.7. The van der Waals surface area contributed by atoms with E-state index in [1.165, 1.54) is 27.1 Å². The Hall–Kier alpha value is -1.10. The molecule has 0 spiro atoms. The van der Waals surface area contributed by atoms with E-state index in [4.69, 9.17) is 0 Å². The standard InChI is InChI=1S/C17H33NO4/c1-6-17(3,7-2)11-8-12-18(13-9-15(19)21-4)14-10-16(20)22-5/h6-14H2,1-5H3. The second-order valence-electron chi connectivity index (χ2n) is 6.12. The summed E-state index contributed by atoms with van der Waals surface area (Å²) >= 11 is 0. The summed E-state index contributed by atoms with van der Waals surface area (Å²) in [6.07, 6.45) is 5.29. The Bertz CT molecular complexity index is 307. The van der Waals surface area contributed by atoms with Gasteiger partial charge in [-0.2, -0.15) is 0 Å². The van der Waals surface area contributed by atoms with Crippen LogP contribution in [0.25, 0.3) is 0 Å². The van der Waals surface area contributed by atoms with Crippen LogP contribution in [0.5, 0.6) is 0 Å². The average Bonchev–Trinajstić information content (AvgIpc) is 2.55. The zero-order valence-corrected chi connectivity index (χ0v) is 14.9. The summed E-state index contributed by atoms with van der Waals surface area (Å²) in [5.41, 5.74) is 0.385. The quantitative estimate of drug-likeness (QED) is 0.518. The van der Waals surface area contributed by atoms with Gasteiger partial charge in [0.25, 0.3) is 0 Å². The number of nitrogens with zero attached hydrogens (tertiary/aromatic N) is 1. The molecule has 0 bridgehead atoms. The van der Waals surface area contributed by atoms with Crippen molar-refractivity contribution in [3.8, 4) is 0 Å². The summed E-state index contributed by atoms with van der Waals surface area (Å²) in [7, 11) is 2.80. The monoisotopic (exact) mass is 315 g/mol. The van der Waals surface area contributed by atoms with Gasteiger partial charge in [-0.05, 0) is 24.8 Å². The summed E-state index contributed by atoms with van der Waals surface area (Å²) in [6, 6.07) is 0. The Labute approximate surface area is 135 Å². The molecule has 0 saturated carbocycles. The predicted molar refractivity (Wildman–Crippen MR) is 87.6 cm³/mol. The first kappa shape index (κ1) is 20.9. The van der Waals surface area contributed by atoms with Crippen LogP contribution in [0, 0.1) is 5.41 Å². The highest BCUT2D eigenvalue weighted by Gasteiger charge is 2.19. The molecule has 0 aromatic carbocycles. The third-order valence-electron chi connectivity index (χ3n) is 4.68. The Morgan fingerprint density at radius 1 is 0.909 bits per heavy atom. The van der Waals surface area contributed by atoms with E-state index in [2.05, 4.69) is 35.1 Å². The summed E-state index contributed by atoms with van der Waals surface area (Å²) in [5, 5.41) is 0. The molecule has 0 radical (unpaired) electrons. The van der Waals surface area contributed by atoms with Gasteiger partial charge in [0.2, 0.25) is 0 Å². The van der Waals surface area contributed by atoms with Crippen LogP contribution in [0.4, 0.5) is 0 Å². The summed E-state index contributed by atoms with van der Waals surface area (Å²) in [5.74, 6) is -0.426. The van der Waals surface area contributed by atoms with E-state index in [-0.39, 0.29) is 11.9 Å². The minimum Gasteiger partial charge on any atom is -0.469 e. The van der Waals surface area contributed by atoms with E-state index < -0.39 is 0 Å². The predicted octanol–water partition coefficient (Wildman–Crippen LogP) is 3.02. The van der Waals surface area contributed by atoms with Crippen molar-refractivity contribution in [2.75, 3.05) is 33.9 Å². The first-order valence-corrected chi connectivity index (χ1v) is 8.26. The van der Waals surface area contributed by atoms with Gasteiger partial charge in [-0.1, -0.05) is 33.6 Å².